The minimum atomic E-state index is -4.44. The van der Waals surface area contributed by atoms with Gasteiger partial charge in [0.05, 0.1) is 5.56 Å². The van der Waals surface area contributed by atoms with Crippen LogP contribution in [0.25, 0.3) is 0 Å². The predicted molar refractivity (Wildman–Crippen MR) is 38.7 cm³/mol. The maximum absolute atomic E-state index is 12.4. The van der Waals surface area contributed by atoms with Crippen molar-refractivity contribution < 1.29 is 17.6 Å². The molecule has 0 radical (unpaired) electrons. The fourth-order valence-electron chi connectivity index (χ4n) is 0.689. The van der Waals surface area contributed by atoms with Crippen molar-refractivity contribution in [1.29, 1.82) is 0 Å². The van der Waals surface area contributed by atoms with Crippen LogP contribution in [0.4, 0.5) is 17.6 Å². The summed E-state index contributed by atoms with van der Waals surface area (Å²) in [7, 11) is 0. The monoisotopic (exact) mass is 196 g/mol. The summed E-state index contributed by atoms with van der Waals surface area (Å²) in [5, 5.41) is 0. The number of hydrogen-bond donors (Lipinski definition) is 1. The molecule has 0 nitrogen and oxygen atoms in total. The van der Waals surface area contributed by atoms with E-state index in [2.05, 4.69) is 12.6 Å². The number of rotatable bonds is 0. The van der Waals surface area contributed by atoms with Crippen molar-refractivity contribution in [2.45, 2.75) is 11.1 Å². The molecule has 0 aromatic heterocycles. The van der Waals surface area contributed by atoms with Gasteiger partial charge in [0.25, 0.3) is 0 Å². The second-order valence-corrected chi connectivity index (χ2v) is 2.65. The van der Waals surface area contributed by atoms with Crippen LogP contribution in [0.2, 0.25) is 0 Å². The SMILES string of the molecule is Fc1ccc(C(F)(F)F)cc1S. The quantitative estimate of drug-likeness (QED) is 0.478. The van der Waals surface area contributed by atoms with Gasteiger partial charge < -0.3 is 0 Å². The number of thiol groups is 1. The summed E-state index contributed by atoms with van der Waals surface area (Å²) in [6.07, 6.45) is -4.44. The van der Waals surface area contributed by atoms with Crippen molar-refractivity contribution in [3.05, 3.63) is 29.6 Å². The predicted octanol–water partition coefficient (Wildman–Crippen LogP) is 3.13. The van der Waals surface area contributed by atoms with Crippen molar-refractivity contribution in [2.24, 2.45) is 0 Å². The van der Waals surface area contributed by atoms with Gasteiger partial charge in [-0.2, -0.15) is 13.2 Å². The normalized spacial score (nSPS) is 11.8. The average Bonchev–Trinajstić information content (AvgIpc) is 1.92. The largest absolute Gasteiger partial charge is 0.416 e. The highest BCUT2D eigenvalue weighted by Gasteiger charge is 2.30. The van der Waals surface area contributed by atoms with Crippen molar-refractivity contribution >= 4 is 12.6 Å². The highest BCUT2D eigenvalue weighted by Crippen LogP contribution is 2.30. The zero-order valence-electron chi connectivity index (χ0n) is 5.69. The fourth-order valence-corrected chi connectivity index (χ4v) is 0.903. The first kappa shape index (κ1) is 9.38. The highest BCUT2D eigenvalue weighted by molar-refractivity contribution is 7.80. The molecule has 0 N–H and O–H groups in total. The molecule has 0 aliphatic rings. The third-order valence-electron chi connectivity index (χ3n) is 1.27. The van der Waals surface area contributed by atoms with E-state index in [1.165, 1.54) is 0 Å². The standard InChI is InChI=1S/C7H4F4S/c8-5-2-1-4(3-6(5)12)7(9,10)11/h1-3,12H. The molecule has 0 atom stereocenters. The van der Waals surface area contributed by atoms with Crippen molar-refractivity contribution in [3.8, 4) is 0 Å². The van der Waals surface area contributed by atoms with Gasteiger partial charge in [-0.3, -0.25) is 0 Å². The van der Waals surface area contributed by atoms with Crippen molar-refractivity contribution in [1.82, 2.24) is 0 Å². The second-order valence-electron chi connectivity index (χ2n) is 2.16. The molecule has 0 fully saturated rings. The Balaban J connectivity index is 3.14. The Hall–Kier alpha value is -0.710. The molecule has 12 heavy (non-hydrogen) atoms. The molecule has 5 heteroatoms. The number of halogens is 4. The lowest BCUT2D eigenvalue weighted by molar-refractivity contribution is -0.137. The van der Waals surface area contributed by atoms with Gasteiger partial charge in [-0.05, 0) is 18.2 Å². The van der Waals surface area contributed by atoms with Crippen LogP contribution in [0, 0.1) is 5.82 Å². The summed E-state index contributed by atoms with van der Waals surface area (Å²) < 4.78 is 48.3. The zero-order chi connectivity index (χ0) is 9.35. The van der Waals surface area contributed by atoms with Crippen LogP contribution >= 0.6 is 12.6 Å². The Kier molecular flexibility index (Phi) is 2.32. The Morgan fingerprint density at radius 1 is 1.17 bits per heavy atom. The van der Waals surface area contributed by atoms with Crippen LogP contribution in [0.1, 0.15) is 5.56 Å². The van der Waals surface area contributed by atoms with Crippen LogP contribution < -0.4 is 0 Å². The van der Waals surface area contributed by atoms with E-state index in [4.69, 9.17) is 0 Å². The first-order valence-corrected chi connectivity index (χ1v) is 3.41. The van der Waals surface area contributed by atoms with Crippen LogP contribution in [0.5, 0.6) is 0 Å². The van der Waals surface area contributed by atoms with Crippen molar-refractivity contribution in [3.63, 3.8) is 0 Å². The number of hydrogen-bond acceptors (Lipinski definition) is 1. The summed E-state index contributed by atoms with van der Waals surface area (Å²) >= 11 is 3.52. The van der Waals surface area contributed by atoms with E-state index in [-0.39, 0.29) is 4.90 Å². The van der Waals surface area contributed by atoms with Crippen molar-refractivity contribution in [2.75, 3.05) is 0 Å². The Morgan fingerprint density at radius 2 is 1.75 bits per heavy atom. The molecule has 1 rings (SSSR count). The molecular formula is C7H4F4S. The summed E-state index contributed by atoms with van der Waals surface area (Å²) in [6, 6.07) is 2.07. The molecule has 66 valence electrons. The van der Waals surface area contributed by atoms with E-state index in [0.29, 0.717) is 12.1 Å². The molecule has 1 aromatic carbocycles. The molecule has 0 heterocycles. The lowest BCUT2D eigenvalue weighted by Crippen LogP contribution is -2.04. The van der Waals surface area contributed by atoms with Gasteiger partial charge in [0.2, 0.25) is 0 Å². The Bertz CT molecular complexity index is 292. The molecule has 0 saturated heterocycles. The average molecular weight is 196 g/mol. The summed E-state index contributed by atoms with van der Waals surface area (Å²) in [5.41, 5.74) is -0.895. The summed E-state index contributed by atoms with van der Waals surface area (Å²) in [6.45, 7) is 0. The van der Waals surface area contributed by atoms with Gasteiger partial charge in [-0.1, -0.05) is 0 Å². The van der Waals surface area contributed by atoms with Crippen LogP contribution in [0.3, 0.4) is 0 Å². The third-order valence-corrected chi connectivity index (χ3v) is 1.62. The van der Waals surface area contributed by atoms with E-state index >= 15 is 0 Å². The topological polar surface area (TPSA) is 0 Å². The van der Waals surface area contributed by atoms with Gasteiger partial charge in [0.15, 0.2) is 0 Å². The van der Waals surface area contributed by atoms with E-state index in [1.807, 2.05) is 0 Å². The highest BCUT2D eigenvalue weighted by atomic mass is 32.1. The van der Waals surface area contributed by atoms with Gasteiger partial charge >= 0.3 is 6.18 Å². The van der Waals surface area contributed by atoms with Crippen LogP contribution in [0.15, 0.2) is 23.1 Å². The third kappa shape index (κ3) is 1.91. The first-order valence-electron chi connectivity index (χ1n) is 2.97. The molecule has 0 spiro atoms. The minimum Gasteiger partial charge on any atom is -0.206 e. The number of benzene rings is 1. The summed E-state index contributed by atoms with van der Waals surface area (Å²) in [5.74, 6) is -0.758. The van der Waals surface area contributed by atoms with Gasteiger partial charge in [0.1, 0.15) is 5.82 Å². The first-order chi connectivity index (χ1) is 5.41. The zero-order valence-corrected chi connectivity index (χ0v) is 6.59. The van der Waals surface area contributed by atoms with Gasteiger partial charge in [-0.15, -0.1) is 12.6 Å². The molecular weight excluding hydrogens is 192 g/mol. The van der Waals surface area contributed by atoms with Gasteiger partial charge in [0, 0.05) is 4.90 Å². The minimum absolute atomic E-state index is 0.301. The second kappa shape index (κ2) is 2.97. The molecule has 1 aromatic rings. The summed E-state index contributed by atoms with van der Waals surface area (Å²) in [4.78, 5) is -0.301. The maximum Gasteiger partial charge on any atom is 0.416 e. The molecule has 0 aliphatic carbocycles. The van der Waals surface area contributed by atoms with E-state index in [9.17, 15) is 17.6 Å². The maximum atomic E-state index is 12.4. The molecule has 0 amide bonds. The smallest absolute Gasteiger partial charge is 0.206 e. The van der Waals surface area contributed by atoms with Crippen LogP contribution in [-0.4, -0.2) is 0 Å². The van der Waals surface area contributed by atoms with E-state index in [0.717, 1.165) is 6.07 Å². The number of alkyl halides is 3. The lowest BCUT2D eigenvalue weighted by atomic mass is 10.2. The molecule has 0 saturated carbocycles. The Labute approximate surface area is 71.6 Å². The van der Waals surface area contributed by atoms with Crippen LogP contribution in [-0.2, 0) is 6.18 Å². The Morgan fingerprint density at radius 3 is 2.17 bits per heavy atom. The lowest BCUT2D eigenvalue weighted by Gasteiger charge is -2.06. The van der Waals surface area contributed by atoms with E-state index < -0.39 is 17.6 Å². The molecule has 0 bridgehead atoms. The van der Waals surface area contributed by atoms with Gasteiger partial charge in [-0.25, -0.2) is 4.39 Å². The molecule has 0 aliphatic heterocycles. The molecule has 0 unspecified atom stereocenters. The van der Waals surface area contributed by atoms with E-state index in [1.54, 1.807) is 0 Å². The fraction of sp³-hybridized carbons (Fsp3) is 0.143.